The van der Waals surface area contributed by atoms with E-state index in [4.69, 9.17) is 9.47 Å². The summed E-state index contributed by atoms with van der Waals surface area (Å²) in [7, 11) is 1.40. The van der Waals surface area contributed by atoms with Gasteiger partial charge in [-0.3, -0.25) is 5.32 Å². The van der Waals surface area contributed by atoms with E-state index in [1.165, 1.54) is 7.11 Å². The Labute approximate surface area is 130 Å². The van der Waals surface area contributed by atoms with Crippen LogP contribution in [-0.4, -0.2) is 37.3 Å². The molecule has 6 heteroatoms. The summed E-state index contributed by atoms with van der Waals surface area (Å²) in [6.07, 6.45) is 2.29. The first-order valence-corrected chi connectivity index (χ1v) is 8.18. The Balaban J connectivity index is 2.07. The summed E-state index contributed by atoms with van der Waals surface area (Å²) in [5, 5.41) is 6.19. The second-order valence-corrected chi connectivity index (χ2v) is 7.19. The number of carbonyl (C=O) groups excluding carboxylic acids is 1. The van der Waals surface area contributed by atoms with E-state index in [1.807, 2.05) is 5.38 Å². The quantitative estimate of drug-likeness (QED) is 0.846. The van der Waals surface area contributed by atoms with Gasteiger partial charge in [-0.05, 0) is 12.8 Å². The van der Waals surface area contributed by atoms with Crippen LogP contribution < -0.4 is 5.32 Å². The molecule has 1 aliphatic rings. The molecule has 0 bridgehead atoms. The van der Waals surface area contributed by atoms with Gasteiger partial charge in [0.25, 0.3) is 0 Å². The Hall–Kier alpha value is -0.980. The summed E-state index contributed by atoms with van der Waals surface area (Å²) in [5.41, 5.74) is 0.716. The van der Waals surface area contributed by atoms with Gasteiger partial charge in [-0.1, -0.05) is 20.8 Å². The SMILES string of the molecule is COC(=O)C(NCC1CCCO1)c1csc(C(C)(C)C)n1. The van der Waals surface area contributed by atoms with Crippen molar-refractivity contribution in [2.24, 2.45) is 0 Å². The van der Waals surface area contributed by atoms with Crippen molar-refractivity contribution in [1.29, 1.82) is 0 Å². The maximum Gasteiger partial charge on any atom is 0.329 e. The summed E-state index contributed by atoms with van der Waals surface area (Å²) in [6.45, 7) is 7.79. The average Bonchev–Trinajstić information content (AvgIpc) is 3.08. The van der Waals surface area contributed by atoms with Gasteiger partial charge >= 0.3 is 5.97 Å². The standard InChI is InChI=1S/C15H24N2O3S/c1-15(2,3)14-17-11(9-21-14)12(13(18)19-4)16-8-10-6-5-7-20-10/h9-10,12,16H,5-8H2,1-4H3. The number of esters is 1. The van der Waals surface area contributed by atoms with Gasteiger partial charge in [-0.15, -0.1) is 11.3 Å². The molecule has 0 aliphatic carbocycles. The molecule has 0 radical (unpaired) electrons. The van der Waals surface area contributed by atoms with E-state index >= 15 is 0 Å². The number of ether oxygens (including phenoxy) is 2. The van der Waals surface area contributed by atoms with Crippen molar-refractivity contribution in [2.75, 3.05) is 20.3 Å². The number of nitrogens with one attached hydrogen (secondary N) is 1. The van der Waals surface area contributed by atoms with Crippen molar-refractivity contribution in [2.45, 2.75) is 51.2 Å². The van der Waals surface area contributed by atoms with Crippen LogP contribution in [0, 0.1) is 0 Å². The first-order valence-electron chi connectivity index (χ1n) is 7.30. The fraction of sp³-hybridized carbons (Fsp3) is 0.733. The molecule has 2 heterocycles. The molecule has 1 saturated heterocycles. The molecule has 0 amide bonds. The highest BCUT2D eigenvalue weighted by molar-refractivity contribution is 7.09. The van der Waals surface area contributed by atoms with Gasteiger partial charge in [0.15, 0.2) is 0 Å². The molecule has 1 aromatic rings. The van der Waals surface area contributed by atoms with E-state index < -0.39 is 6.04 Å². The third-order valence-corrected chi connectivity index (χ3v) is 4.76. The van der Waals surface area contributed by atoms with Crippen LogP contribution in [-0.2, 0) is 19.7 Å². The molecule has 0 spiro atoms. The van der Waals surface area contributed by atoms with Crippen LogP contribution >= 0.6 is 11.3 Å². The van der Waals surface area contributed by atoms with Gasteiger partial charge in [-0.25, -0.2) is 9.78 Å². The molecule has 1 N–H and O–H groups in total. The Morgan fingerprint density at radius 2 is 2.38 bits per heavy atom. The molecule has 1 aliphatic heterocycles. The average molecular weight is 312 g/mol. The largest absolute Gasteiger partial charge is 0.468 e. The van der Waals surface area contributed by atoms with Crippen molar-refractivity contribution < 1.29 is 14.3 Å². The number of hydrogen-bond donors (Lipinski definition) is 1. The number of hydrogen-bond acceptors (Lipinski definition) is 6. The van der Waals surface area contributed by atoms with Crippen molar-refractivity contribution >= 4 is 17.3 Å². The van der Waals surface area contributed by atoms with E-state index in [1.54, 1.807) is 11.3 Å². The minimum atomic E-state index is -0.522. The number of nitrogens with zero attached hydrogens (tertiary/aromatic N) is 1. The molecule has 0 aromatic carbocycles. The zero-order valence-corrected chi connectivity index (χ0v) is 14.0. The maximum absolute atomic E-state index is 12.0. The smallest absolute Gasteiger partial charge is 0.329 e. The number of carbonyl (C=O) groups is 1. The lowest BCUT2D eigenvalue weighted by molar-refractivity contribution is -0.143. The van der Waals surface area contributed by atoms with Crippen LogP contribution in [0.1, 0.15) is 50.4 Å². The molecule has 2 rings (SSSR count). The Morgan fingerprint density at radius 1 is 1.62 bits per heavy atom. The molecule has 118 valence electrons. The molecule has 21 heavy (non-hydrogen) atoms. The van der Waals surface area contributed by atoms with Crippen molar-refractivity contribution in [1.82, 2.24) is 10.3 Å². The van der Waals surface area contributed by atoms with E-state index in [9.17, 15) is 4.79 Å². The fourth-order valence-electron chi connectivity index (χ4n) is 2.24. The normalized spacial score (nSPS) is 20.5. The number of thiazole rings is 1. The molecule has 1 fully saturated rings. The molecule has 1 aromatic heterocycles. The van der Waals surface area contributed by atoms with Crippen LogP contribution in [0.3, 0.4) is 0 Å². The van der Waals surface area contributed by atoms with E-state index in [-0.39, 0.29) is 17.5 Å². The van der Waals surface area contributed by atoms with E-state index in [0.717, 1.165) is 30.2 Å². The molecule has 2 atom stereocenters. The number of methoxy groups -OCH3 is 1. The highest BCUT2D eigenvalue weighted by Gasteiger charge is 2.28. The van der Waals surface area contributed by atoms with Crippen LogP contribution in [0.5, 0.6) is 0 Å². The van der Waals surface area contributed by atoms with Crippen LogP contribution in [0.4, 0.5) is 0 Å². The first kappa shape index (κ1) is 16.4. The van der Waals surface area contributed by atoms with Gasteiger partial charge < -0.3 is 9.47 Å². The lowest BCUT2D eigenvalue weighted by Crippen LogP contribution is -2.35. The highest BCUT2D eigenvalue weighted by atomic mass is 32.1. The summed E-state index contributed by atoms with van der Waals surface area (Å²) < 4.78 is 10.5. The zero-order valence-electron chi connectivity index (χ0n) is 13.1. The molecular weight excluding hydrogens is 288 g/mol. The fourth-order valence-corrected chi connectivity index (χ4v) is 3.18. The number of aromatic nitrogens is 1. The van der Waals surface area contributed by atoms with Crippen LogP contribution in [0.25, 0.3) is 0 Å². The third kappa shape index (κ3) is 4.25. The zero-order chi connectivity index (χ0) is 15.5. The minimum Gasteiger partial charge on any atom is -0.468 e. The van der Waals surface area contributed by atoms with Gasteiger partial charge in [-0.2, -0.15) is 0 Å². The van der Waals surface area contributed by atoms with Crippen molar-refractivity contribution in [3.63, 3.8) is 0 Å². The highest BCUT2D eigenvalue weighted by Crippen LogP contribution is 2.28. The van der Waals surface area contributed by atoms with Gasteiger partial charge in [0.1, 0.15) is 6.04 Å². The summed E-state index contributed by atoms with van der Waals surface area (Å²) >= 11 is 1.58. The maximum atomic E-state index is 12.0. The molecular formula is C15H24N2O3S. The van der Waals surface area contributed by atoms with Crippen molar-refractivity contribution in [3.05, 3.63) is 16.1 Å². The van der Waals surface area contributed by atoms with Crippen LogP contribution in [0.15, 0.2) is 5.38 Å². The van der Waals surface area contributed by atoms with Crippen molar-refractivity contribution in [3.8, 4) is 0 Å². The second-order valence-electron chi connectivity index (χ2n) is 6.33. The monoisotopic (exact) mass is 312 g/mol. The summed E-state index contributed by atoms with van der Waals surface area (Å²) in [4.78, 5) is 16.6. The van der Waals surface area contributed by atoms with Crippen LogP contribution in [0.2, 0.25) is 0 Å². The third-order valence-electron chi connectivity index (χ3n) is 3.47. The Bertz CT molecular complexity index is 476. The van der Waals surface area contributed by atoms with E-state index in [0.29, 0.717) is 6.54 Å². The van der Waals surface area contributed by atoms with E-state index in [2.05, 4.69) is 31.1 Å². The number of rotatable bonds is 5. The summed E-state index contributed by atoms with van der Waals surface area (Å²) in [5.74, 6) is -0.307. The molecule has 5 nitrogen and oxygen atoms in total. The predicted octanol–water partition coefficient (Wildman–Crippen LogP) is 2.42. The first-order chi connectivity index (χ1) is 9.91. The lowest BCUT2D eigenvalue weighted by Gasteiger charge is -2.18. The topological polar surface area (TPSA) is 60.5 Å². The van der Waals surface area contributed by atoms with Gasteiger partial charge in [0.05, 0.1) is 23.9 Å². The van der Waals surface area contributed by atoms with Gasteiger partial charge in [0, 0.05) is 23.9 Å². The predicted molar refractivity (Wildman–Crippen MR) is 82.5 cm³/mol. The Kier molecular flexibility index (Phi) is 5.35. The lowest BCUT2D eigenvalue weighted by atomic mass is 9.98. The van der Waals surface area contributed by atoms with Gasteiger partial charge in [0.2, 0.25) is 0 Å². The summed E-state index contributed by atoms with van der Waals surface area (Å²) in [6, 6.07) is -0.522. The second kappa shape index (κ2) is 6.85. The Morgan fingerprint density at radius 3 is 2.90 bits per heavy atom. The molecule has 2 unspecified atom stereocenters. The minimum absolute atomic E-state index is 0.0157. The molecule has 0 saturated carbocycles.